The number of hydrogen-bond donors (Lipinski definition) is 1. The third kappa shape index (κ3) is 3.92. The molecule has 0 radical (unpaired) electrons. The van der Waals surface area contributed by atoms with Crippen LogP contribution in [0, 0.1) is 13.8 Å². The molecule has 9 nitrogen and oxygen atoms in total. The van der Waals surface area contributed by atoms with E-state index in [2.05, 4.69) is 9.88 Å². The van der Waals surface area contributed by atoms with E-state index < -0.39 is 29.1 Å². The number of benzene rings is 1. The maximum absolute atomic E-state index is 12.5. The minimum absolute atomic E-state index is 0.0401. The third-order valence-corrected chi connectivity index (χ3v) is 6.12. The summed E-state index contributed by atoms with van der Waals surface area (Å²) in [6, 6.07) is 7.50. The summed E-state index contributed by atoms with van der Waals surface area (Å²) in [5.74, 6) is -1.10. The van der Waals surface area contributed by atoms with Crippen molar-refractivity contribution < 1.29 is 27.3 Å². The molecule has 0 aliphatic carbocycles. The minimum Gasteiger partial charge on any atom is -0.455 e. The van der Waals surface area contributed by atoms with Crippen molar-refractivity contribution in [2.24, 2.45) is 0 Å². The van der Waals surface area contributed by atoms with E-state index in [0.717, 1.165) is 17.7 Å². The highest BCUT2D eigenvalue weighted by Gasteiger charge is 2.31. The molecule has 0 unspecified atom stereocenters. The number of aromatic nitrogens is 1. The summed E-state index contributed by atoms with van der Waals surface area (Å²) in [4.78, 5) is 25.9. The average molecular weight is 407 g/mol. The SMILES string of the molecule is Cc1noc(C)c1S(=O)(=O)NCC(=O)OCC(=O)N1c2ccccc2C[C@H]1C. The van der Waals surface area contributed by atoms with Crippen LogP contribution >= 0.6 is 0 Å². The van der Waals surface area contributed by atoms with Crippen LogP contribution in [0.25, 0.3) is 0 Å². The molecule has 1 aromatic carbocycles. The maximum atomic E-state index is 12.5. The number of aryl methyl sites for hydroxylation is 2. The minimum atomic E-state index is -3.98. The molecule has 0 saturated carbocycles. The van der Waals surface area contributed by atoms with Gasteiger partial charge in [-0.05, 0) is 38.8 Å². The van der Waals surface area contributed by atoms with E-state index in [1.807, 2.05) is 31.2 Å². The van der Waals surface area contributed by atoms with Crippen LogP contribution in [0.4, 0.5) is 5.69 Å². The third-order valence-electron chi connectivity index (χ3n) is 4.48. The van der Waals surface area contributed by atoms with E-state index in [0.29, 0.717) is 0 Å². The fraction of sp³-hybridized carbons (Fsp3) is 0.389. The second-order valence-corrected chi connectivity index (χ2v) is 8.29. The van der Waals surface area contributed by atoms with Gasteiger partial charge < -0.3 is 14.2 Å². The van der Waals surface area contributed by atoms with Gasteiger partial charge in [0.2, 0.25) is 10.0 Å². The molecule has 150 valence electrons. The predicted octanol–water partition coefficient (Wildman–Crippen LogP) is 1.09. The van der Waals surface area contributed by atoms with Gasteiger partial charge in [0.25, 0.3) is 5.91 Å². The topological polar surface area (TPSA) is 119 Å². The zero-order valence-electron chi connectivity index (χ0n) is 15.8. The Morgan fingerprint density at radius 2 is 2.04 bits per heavy atom. The molecule has 2 heterocycles. The number of nitrogens with one attached hydrogen (secondary N) is 1. The molecule has 1 N–H and O–H groups in total. The molecule has 3 rings (SSSR count). The van der Waals surface area contributed by atoms with Crippen molar-refractivity contribution in [1.29, 1.82) is 0 Å². The molecule has 1 aliphatic rings. The first-order valence-corrected chi connectivity index (χ1v) is 10.2. The monoisotopic (exact) mass is 407 g/mol. The molecule has 0 fully saturated rings. The quantitative estimate of drug-likeness (QED) is 0.712. The molecule has 28 heavy (non-hydrogen) atoms. The molecule has 2 aromatic rings. The highest BCUT2D eigenvalue weighted by Crippen LogP contribution is 2.31. The second kappa shape index (κ2) is 7.72. The molecule has 0 bridgehead atoms. The second-order valence-electron chi connectivity index (χ2n) is 6.58. The molecule has 0 spiro atoms. The van der Waals surface area contributed by atoms with Crippen molar-refractivity contribution in [1.82, 2.24) is 9.88 Å². The fourth-order valence-electron chi connectivity index (χ4n) is 3.29. The van der Waals surface area contributed by atoms with Gasteiger partial charge in [-0.15, -0.1) is 0 Å². The largest absolute Gasteiger partial charge is 0.455 e. The Bertz CT molecular complexity index is 995. The van der Waals surface area contributed by atoms with Gasteiger partial charge in [-0.25, -0.2) is 8.42 Å². The van der Waals surface area contributed by atoms with Gasteiger partial charge in [-0.3, -0.25) is 9.59 Å². The van der Waals surface area contributed by atoms with Crippen LogP contribution in [0.3, 0.4) is 0 Å². The van der Waals surface area contributed by atoms with Gasteiger partial charge in [0.05, 0.1) is 0 Å². The number of hydrogen-bond acceptors (Lipinski definition) is 7. The summed E-state index contributed by atoms with van der Waals surface area (Å²) >= 11 is 0. The van der Waals surface area contributed by atoms with Crippen molar-refractivity contribution in [2.45, 2.75) is 38.1 Å². The van der Waals surface area contributed by atoms with Gasteiger partial charge >= 0.3 is 5.97 Å². The van der Waals surface area contributed by atoms with Crippen LogP contribution in [-0.4, -0.2) is 44.6 Å². The Kier molecular flexibility index (Phi) is 5.52. The lowest BCUT2D eigenvalue weighted by molar-refractivity contribution is -0.146. The zero-order valence-corrected chi connectivity index (χ0v) is 16.6. The van der Waals surface area contributed by atoms with E-state index in [9.17, 15) is 18.0 Å². The number of carbonyl (C=O) groups excluding carboxylic acids is 2. The van der Waals surface area contributed by atoms with Crippen molar-refractivity contribution in [3.63, 3.8) is 0 Å². The number of anilines is 1. The molecule has 1 amide bonds. The Hall–Kier alpha value is -2.72. The van der Waals surface area contributed by atoms with Gasteiger partial charge in [-0.2, -0.15) is 4.72 Å². The van der Waals surface area contributed by atoms with Crippen molar-refractivity contribution in [3.8, 4) is 0 Å². The van der Waals surface area contributed by atoms with Crippen LogP contribution in [0.1, 0.15) is 23.9 Å². The summed E-state index contributed by atoms with van der Waals surface area (Å²) in [5.41, 5.74) is 2.05. The summed E-state index contributed by atoms with van der Waals surface area (Å²) < 4.78 is 36.5. The first kappa shape index (κ1) is 20.0. The molecule has 1 aliphatic heterocycles. The summed E-state index contributed by atoms with van der Waals surface area (Å²) in [6.07, 6.45) is 0.729. The number of ether oxygens (including phenoxy) is 1. The number of nitrogens with zero attached hydrogens (tertiary/aromatic N) is 2. The van der Waals surface area contributed by atoms with Crippen LogP contribution < -0.4 is 9.62 Å². The first-order valence-electron chi connectivity index (χ1n) is 8.69. The Labute approximate surface area is 162 Å². The predicted molar refractivity (Wildman–Crippen MR) is 99.2 cm³/mol. The lowest BCUT2D eigenvalue weighted by Crippen LogP contribution is -2.39. The highest BCUT2D eigenvalue weighted by atomic mass is 32.2. The van der Waals surface area contributed by atoms with Gasteiger partial charge in [0.15, 0.2) is 12.4 Å². The average Bonchev–Trinajstić information content (AvgIpc) is 3.16. The van der Waals surface area contributed by atoms with E-state index in [1.54, 1.807) is 4.90 Å². The maximum Gasteiger partial charge on any atom is 0.321 e. The fourth-order valence-corrected chi connectivity index (χ4v) is 4.59. The first-order chi connectivity index (χ1) is 13.2. The van der Waals surface area contributed by atoms with Gasteiger partial charge in [-0.1, -0.05) is 23.4 Å². The van der Waals surface area contributed by atoms with Crippen LogP contribution in [0.5, 0.6) is 0 Å². The van der Waals surface area contributed by atoms with Crippen molar-refractivity contribution in [3.05, 3.63) is 41.3 Å². The van der Waals surface area contributed by atoms with E-state index in [4.69, 9.17) is 9.26 Å². The molecular formula is C18H21N3O6S. The molecule has 10 heteroatoms. The standard InChI is InChI=1S/C18H21N3O6S/c1-11-8-14-6-4-5-7-15(14)21(11)16(22)10-26-17(23)9-19-28(24,25)18-12(2)20-27-13(18)3/h4-7,11,19H,8-10H2,1-3H3/t11-/m1/s1. The lowest BCUT2D eigenvalue weighted by Gasteiger charge is -2.22. The van der Waals surface area contributed by atoms with E-state index >= 15 is 0 Å². The number of para-hydroxylation sites is 1. The normalized spacial score (nSPS) is 16.1. The Morgan fingerprint density at radius 3 is 2.71 bits per heavy atom. The van der Waals surface area contributed by atoms with Gasteiger partial charge in [0.1, 0.15) is 17.1 Å². The summed E-state index contributed by atoms with van der Waals surface area (Å²) in [5, 5.41) is 3.58. The summed E-state index contributed by atoms with van der Waals surface area (Å²) in [6.45, 7) is 3.78. The van der Waals surface area contributed by atoms with Crippen molar-refractivity contribution in [2.75, 3.05) is 18.1 Å². The molecular weight excluding hydrogens is 386 g/mol. The smallest absolute Gasteiger partial charge is 0.321 e. The Balaban J connectivity index is 1.56. The van der Waals surface area contributed by atoms with E-state index in [1.165, 1.54) is 13.8 Å². The highest BCUT2D eigenvalue weighted by molar-refractivity contribution is 7.89. The zero-order chi connectivity index (χ0) is 20.5. The summed E-state index contributed by atoms with van der Waals surface area (Å²) in [7, 11) is -3.98. The van der Waals surface area contributed by atoms with Crippen LogP contribution in [0.15, 0.2) is 33.7 Å². The van der Waals surface area contributed by atoms with E-state index in [-0.39, 0.29) is 28.3 Å². The number of esters is 1. The number of fused-ring (bicyclic) bond motifs is 1. The number of rotatable bonds is 6. The number of amides is 1. The van der Waals surface area contributed by atoms with Crippen molar-refractivity contribution >= 4 is 27.6 Å². The Morgan fingerprint density at radius 1 is 1.32 bits per heavy atom. The molecule has 1 aromatic heterocycles. The van der Waals surface area contributed by atoms with Crippen LogP contribution in [-0.2, 0) is 30.8 Å². The van der Waals surface area contributed by atoms with Crippen LogP contribution in [0.2, 0.25) is 0 Å². The molecule has 0 saturated heterocycles. The number of sulfonamides is 1. The van der Waals surface area contributed by atoms with Gasteiger partial charge in [0, 0.05) is 11.7 Å². The lowest BCUT2D eigenvalue weighted by atomic mass is 10.1. The molecule has 1 atom stereocenters. The number of carbonyl (C=O) groups is 2.